The SMILES string of the molecule is c1ccc(-c2ccc(-c3nc(-c4ccccc4)nc(-c4ccc5c(c4)C4(c6ccccc6-5)c5ccccc5C5(c6ccccc6-c6ccccc65)c5ccccc54)n3)cc2)cc1. The average Bonchev–Trinajstić information content (AvgIpc) is 3.82. The van der Waals surface area contributed by atoms with E-state index in [-0.39, 0.29) is 0 Å². The molecule has 0 N–H and O–H groups in total. The summed E-state index contributed by atoms with van der Waals surface area (Å²) in [6, 6.07) is 81.7. The van der Waals surface area contributed by atoms with Crippen LogP contribution in [0.25, 0.3) is 67.5 Å². The Morgan fingerprint density at radius 3 is 0.968 bits per heavy atom. The Morgan fingerprint density at radius 2 is 0.500 bits per heavy atom. The van der Waals surface area contributed by atoms with Crippen molar-refractivity contribution in [3.05, 3.63) is 269 Å². The molecule has 1 heterocycles. The van der Waals surface area contributed by atoms with Crippen LogP contribution in [0.4, 0.5) is 0 Å². The summed E-state index contributed by atoms with van der Waals surface area (Å²) in [5.41, 5.74) is 19.5. The first-order valence-electron chi connectivity index (χ1n) is 21.4. The minimum Gasteiger partial charge on any atom is -0.208 e. The predicted octanol–water partition coefficient (Wildman–Crippen LogP) is 13.6. The van der Waals surface area contributed by atoms with Crippen LogP contribution in [-0.4, -0.2) is 15.0 Å². The second kappa shape index (κ2) is 13.2. The summed E-state index contributed by atoms with van der Waals surface area (Å²) in [6.45, 7) is 0. The lowest BCUT2D eigenvalue weighted by Crippen LogP contribution is -2.43. The average molecular weight is 788 g/mol. The molecular formula is C59H37N3. The van der Waals surface area contributed by atoms with E-state index >= 15 is 0 Å². The van der Waals surface area contributed by atoms with Gasteiger partial charge in [-0.25, -0.2) is 15.0 Å². The van der Waals surface area contributed by atoms with E-state index in [1.807, 2.05) is 24.3 Å². The third-order valence-electron chi connectivity index (χ3n) is 13.6. The third-order valence-corrected chi connectivity index (χ3v) is 13.6. The summed E-state index contributed by atoms with van der Waals surface area (Å²) in [6.07, 6.45) is 0. The summed E-state index contributed by atoms with van der Waals surface area (Å²) < 4.78 is 0. The topological polar surface area (TPSA) is 38.7 Å². The van der Waals surface area contributed by atoms with Crippen molar-refractivity contribution in [1.29, 1.82) is 0 Å². The second-order valence-corrected chi connectivity index (χ2v) is 16.6. The number of fused-ring (bicyclic) bond motifs is 16. The molecule has 3 heteroatoms. The van der Waals surface area contributed by atoms with Crippen LogP contribution < -0.4 is 0 Å². The molecular weight excluding hydrogens is 751 g/mol. The standard InChI is InChI=1S/C59H37N3/c1-3-17-38(18-4-1)39-31-33-41(34-32-39)56-60-55(40-19-5-2-6-20-40)61-57(62-56)42-35-36-46-45-23-9-12-26-49(45)59(54(46)37-42)52-29-15-13-27-50(52)58(51-28-14-16-30-53(51)59)47-24-10-7-21-43(47)44-22-8-11-25-48(44)58/h1-37H. The van der Waals surface area contributed by atoms with E-state index in [4.69, 9.17) is 15.0 Å². The maximum atomic E-state index is 5.28. The fraction of sp³-hybridized carbons (Fsp3) is 0.0339. The molecule has 13 rings (SSSR count). The lowest BCUT2D eigenvalue weighted by molar-refractivity contribution is 0.633. The molecule has 0 unspecified atom stereocenters. The van der Waals surface area contributed by atoms with Gasteiger partial charge < -0.3 is 0 Å². The van der Waals surface area contributed by atoms with E-state index in [1.54, 1.807) is 0 Å². The van der Waals surface area contributed by atoms with Gasteiger partial charge in [-0.05, 0) is 84.0 Å². The summed E-state index contributed by atoms with van der Waals surface area (Å²) in [5, 5.41) is 0. The smallest absolute Gasteiger partial charge is 0.164 e. The molecule has 10 aromatic rings. The Hall–Kier alpha value is -8.01. The van der Waals surface area contributed by atoms with Gasteiger partial charge in [0.25, 0.3) is 0 Å². The van der Waals surface area contributed by atoms with Crippen LogP contribution in [0.5, 0.6) is 0 Å². The first-order valence-corrected chi connectivity index (χ1v) is 21.4. The van der Waals surface area contributed by atoms with Crippen LogP contribution in [-0.2, 0) is 10.8 Å². The normalized spacial score (nSPS) is 14.1. The maximum absolute atomic E-state index is 5.28. The first-order chi connectivity index (χ1) is 30.7. The summed E-state index contributed by atoms with van der Waals surface area (Å²) in [7, 11) is 0. The van der Waals surface area contributed by atoms with Crippen LogP contribution in [0.1, 0.15) is 44.5 Å². The van der Waals surface area contributed by atoms with Gasteiger partial charge in [0.2, 0.25) is 0 Å². The predicted molar refractivity (Wildman–Crippen MR) is 250 cm³/mol. The molecule has 0 saturated carbocycles. The Balaban J connectivity index is 1.06. The van der Waals surface area contributed by atoms with Gasteiger partial charge in [0.15, 0.2) is 17.5 Å². The molecule has 288 valence electrons. The molecule has 3 aliphatic carbocycles. The fourth-order valence-electron chi connectivity index (χ4n) is 11.2. The van der Waals surface area contributed by atoms with Crippen molar-refractivity contribution in [2.24, 2.45) is 0 Å². The highest BCUT2D eigenvalue weighted by Gasteiger charge is 2.58. The van der Waals surface area contributed by atoms with Crippen molar-refractivity contribution in [1.82, 2.24) is 15.0 Å². The fourth-order valence-corrected chi connectivity index (χ4v) is 11.2. The van der Waals surface area contributed by atoms with Crippen molar-refractivity contribution in [2.75, 3.05) is 0 Å². The number of rotatable bonds is 4. The van der Waals surface area contributed by atoms with E-state index in [1.165, 1.54) is 72.3 Å². The molecule has 0 atom stereocenters. The number of hydrogen-bond acceptors (Lipinski definition) is 3. The highest BCUT2D eigenvalue weighted by Crippen LogP contribution is 2.67. The first kappa shape index (κ1) is 34.8. The molecule has 0 radical (unpaired) electrons. The lowest BCUT2D eigenvalue weighted by Gasteiger charge is -2.48. The Bertz CT molecular complexity index is 3310. The van der Waals surface area contributed by atoms with Crippen molar-refractivity contribution in [3.8, 4) is 67.5 Å². The third kappa shape index (κ3) is 4.68. The molecule has 0 bridgehead atoms. The van der Waals surface area contributed by atoms with Gasteiger partial charge in [-0.1, -0.05) is 218 Å². The number of hydrogen-bond donors (Lipinski definition) is 0. The van der Waals surface area contributed by atoms with Crippen molar-refractivity contribution in [2.45, 2.75) is 10.8 Å². The van der Waals surface area contributed by atoms with Gasteiger partial charge in [0.1, 0.15) is 0 Å². The Morgan fingerprint density at radius 1 is 0.210 bits per heavy atom. The number of benzene rings is 9. The molecule has 0 amide bonds. The lowest BCUT2D eigenvalue weighted by atomic mass is 9.52. The van der Waals surface area contributed by atoms with Gasteiger partial charge in [0, 0.05) is 16.7 Å². The molecule has 62 heavy (non-hydrogen) atoms. The zero-order chi connectivity index (χ0) is 40.8. The van der Waals surface area contributed by atoms with Crippen molar-refractivity contribution in [3.63, 3.8) is 0 Å². The molecule has 9 aromatic carbocycles. The molecule has 2 spiro atoms. The van der Waals surface area contributed by atoms with Gasteiger partial charge in [-0.15, -0.1) is 0 Å². The van der Waals surface area contributed by atoms with E-state index in [2.05, 4.69) is 200 Å². The van der Waals surface area contributed by atoms with Gasteiger partial charge in [0.05, 0.1) is 10.8 Å². The zero-order valence-corrected chi connectivity index (χ0v) is 33.7. The molecule has 0 aliphatic heterocycles. The molecule has 3 aliphatic rings. The largest absolute Gasteiger partial charge is 0.208 e. The minimum absolute atomic E-state index is 0.495. The van der Waals surface area contributed by atoms with Crippen molar-refractivity contribution < 1.29 is 0 Å². The minimum atomic E-state index is -0.613. The molecule has 1 aromatic heterocycles. The highest BCUT2D eigenvalue weighted by molar-refractivity contribution is 5.94. The number of nitrogens with zero attached hydrogens (tertiary/aromatic N) is 3. The molecule has 3 nitrogen and oxygen atoms in total. The van der Waals surface area contributed by atoms with Gasteiger partial charge in [-0.2, -0.15) is 0 Å². The van der Waals surface area contributed by atoms with Crippen LogP contribution in [0.15, 0.2) is 224 Å². The summed E-state index contributed by atoms with van der Waals surface area (Å²) in [5.74, 6) is 1.92. The molecule has 0 saturated heterocycles. The van der Waals surface area contributed by atoms with Crippen LogP contribution in [0.3, 0.4) is 0 Å². The van der Waals surface area contributed by atoms with Crippen LogP contribution in [0.2, 0.25) is 0 Å². The van der Waals surface area contributed by atoms with Crippen LogP contribution in [0, 0.1) is 0 Å². The monoisotopic (exact) mass is 787 g/mol. The number of aromatic nitrogens is 3. The second-order valence-electron chi connectivity index (χ2n) is 16.6. The van der Waals surface area contributed by atoms with Crippen molar-refractivity contribution >= 4 is 0 Å². The van der Waals surface area contributed by atoms with Gasteiger partial charge >= 0.3 is 0 Å². The summed E-state index contributed by atoms with van der Waals surface area (Å²) >= 11 is 0. The summed E-state index contributed by atoms with van der Waals surface area (Å²) in [4.78, 5) is 15.6. The van der Waals surface area contributed by atoms with E-state index in [9.17, 15) is 0 Å². The molecule has 0 fully saturated rings. The highest BCUT2D eigenvalue weighted by atomic mass is 15.0. The van der Waals surface area contributed by atoms with Crippen LogP contribution >= 0.6 is 0 Å². The quantitative estimate of drug-likeness (QED) is 0.178. The zero-order valence-electron chi connectivity index (χ0n) is 33.7. The van der Waals surface area contributed by atoms with E-state index in [0.29, 0.717) is 17.5 Å². The maximum Gasteiger partial charge on any atom is 0.164 e. The van der Waals surface area contributed by atoms with E-state index < -0.39 is 10.8 Å². The van der Waals surface area contributed by atoms with E-state index in [0.717, 1.165) is 22.3 Å². The van der Waals surface area contributed by atoms with Gasteiger partial charge in [-0.3, -0.25) is 0 Å². The Labute approximate surface area is 360 Å². The Kier molecular flexibility index (Phi) is 7.44.